The minimum absolute atomic E-state index is 0.0363. The Bertz CT molecular complexity index is 1180. The monoisotopic (exact) mass is 497 g/mol. The van der Waals surface area contributed by atoms with Crippen LogP contribution >= 0.6 is 0 Å². The number of hydrogen-bond acceptors (Lipinski definition) is 4. The summed E-state index contributed by atoms with van der Waals surface area (Å²) in [6.07, 6.45) is 5.80. The molecule has 2 amide bonds. The summed E-state index contributed by atoms with van der Waals surface area (Å²) in [5, 5.41) is 0. The molecule has 8 heteroatoms. The van der Waals surface area contributed by atoms with E-state index in [1.54, 1.807) is 23.1 Å². The first kappa shape index (κ1) is 25.2. The highest BCUT2D eigenvalue weighted by Gasteiger charge is 2.31. The van der Waals surface area contributed by atoms with Gasteiger partial charge in [0.1, 0.15) is 0 Å². The van der Waals surface area contributed by atoms with E-state index >= 15 is 0 Å². The summed E-state index contributed by atoms with van der Waals surface area (Å²) in [6.45, 7) is 6.49. The molecular formula is C27H35N3O4S. The zero-order valence-corrected chi connectivity index (χ0v) is 21.4. The lowest BCUT2D eigenvalue weighted by atomic mass is 9.94. The van der Waals surface area contributed by atoms with Crippen LogP contribution in [-0.4, -0.2) is 56.2 Å². The van der Waals surface area contributed by atoms with Crippen LogP contribution in [0.4, 0.5) is 5.69 Å². The number of nitrogens with zero attached hydrogens (tertiary/aromatic N) is 2. The topological polar surface area (TPSA) is 86.8 Å². The van der Waals surface area contributed by atoms with Crippen LogP contribution in [0.3, 0.4) is 0 Å². The predicted molar refractivity (Wildman–Crippen MR) is 137 cm³/mol. The molecule has 2 aromatic carbocycles. The molecule has 0 bridgehead atoms. The van der Waals surface area contributed by atoms with Gasteiger partial charge in [0.05, 0.1) is 10.6 Å². The van der Waals surface area contributed by atoms with E-state index < -0.39 is 10.0 Å². The number of benzene rings is 2. The number of hydrogen-bond donors (Lipinski definition) is 1. The third-order valence-electron chi connectivity index (χ3n) is 7.07. The highest BCUT2D eigenvalue weighted by Crippen LogP contribution is 2.25. The second-order valence-electron chi connectivity index (χ2n) is 9.76. The average Bonchev–Trinajstić information content (AvgIpc) is 3.15. The van der Waals surface area contributed by atoms with Crippen LogP contribution in [0.15, 0.2) is 47.4 Å². The maximum atomic E-state index is 13.2. The molecule has 0 saturated carbocycles. The second-order valence-corrected chi connectivity index (χ2v) is 11.4. The van der Waals surface area contributed by atoms with E-state index in [2.05, 4.69) is 4.72 Å². The van der Waals surface area contributed by atoms with Gasteiger partial charge in [0.15, 0.2) is 0 Å². The minimum Gasteiger partial charge on any atom is -0.342 e. The van der Waals surface area contributed by atoms with Gasteiger partial charge in [0, 0.05) is 37.7 Å². The molecule has 2 aliphatic heterocycles. The lowest BCUT2D eigenvalue weighted by Crippen LogP contribution is -2.44. The Morgan fingerprint density at radius 3 is 2.20 bits per heavy atom. The van der Waals surface area contributed by atoms with Crippen molar-refractivity contribution >= 4 is 27.5 Å². The van der Waals surface area contributed by atoms with E-state index in [-0.39, 0.29) is 22.6 Å². The summed E-state index contributed by atoms with van der Waals surface area (Å²) in [5.74, 6) is -0.00962. The molecule has 35 heavy (non-hydrogen) atoms. The zero-order chi connectivity index (χ0) is 25.0. The quantitative estimate of drug-likeness (QED) is 0.665. The van der Waals surface area contributed by atoms with Crippen molar-refractivity contribution in [2.24, 2.45) is 5.92 Å². The normalized spacial score (nSPS) is 17.7. The first-order valence-electron chi connectivity index (χ1n) is 12.5. The van der Waals surface area contributed by atoms with Gasteiger partial charge in [-0.2, -0.15) is 0 Å². The third kappa shape index (κ3) is 6.04. The molecule has 0 aromatic heterocycles. The van der Waals surface area contributed by atoms with Crippen LogP contribution in [-0.2, 0) is 14.8 Å². The van der Waals surface area contributed by atoms with Crippen molar-refractivity contribution in [3.05, 3.63) is 59.2 Å². The molecule has 2 fully saturated rings. The van der Waals surface area contributed by atoms with E-state index in [9.17, 15) is 18.0 Å². The van der Waals surface area contributed by atoms with Gasteiger partial charge in [-0.15, -0.1) is 0 Å². The van der Waals surface area contributed by atoms with Gasteiger partial charge in [-0.05, 0) is 69.4 Å². The summed E-state index contributed by atoms with van der Waals surface area (Å²) in [4.78, 5) is 29.9. The summed E-state index contributed by atoms with van der Waals surface area (Å²) < 4.78 is 28.6. The molecule has 2 aromatic rings. The standard InChI is InChI=1S/C27H35N3O4S/c1-20-10-11-25(21(2)18-20)28-35(33,34)24-9-7-8-23(19-24)27(32)30-16-12-22(13-17-30)26(31)29-14-5-3-4-6-15-29/h7-11,18-19,22,28H,3-6,12-17H2,1-2H3. The van der Waals surface area contributed by atoms with Crippen molar-refractivity contribution in [3.63, 3.8) is 0 Å². The Morgan fingerprint density at radius 2 is 1.54 bits per heavy atom. The fourth-order valence-electron chi connectivity index (χ4n) is 4.99. The summed E-state index contributed by atoms with van der Waals surface area (Å²) in [7, 11) is -3.84. The van der Waals surface area contributed by atoms with Gasteiger partial charge in [-0.25, -0.2) is 8.42 Å². The van der Waals surface area contributed by atoms with Crippen LogP contribution in [0.25, 0.3) is 0 Å². The summed E-state index contributed by atoms with van der Waals surface area (Å²) in [6, 6.07) is 11.7. The smallest absolute Gasteiger partial charge is 0.261 e. The number of aryl methyl sites for hydroxylation is 2. The largest absolute Gasteiger partial charge is 0.342 e. The fourth-order valence-corrected chi connectivity index (χ4v) is 6.17. The Morgan fingerprint density at radius 1 is 0.857 bits per heavy atom. The van der Waals surface area contributed by atoms with Crippen LogP contribution in [0.2, 0.25) is 0 Å². The van der Waals surface area contributed by atoms with E-state index in [4.69, 9.17) is 0 Å². The molecule has 2 aliphatic rings. The molecule has 2 saturated heterocycles. The Labute approximate surface area is 208 Å². The van der Waals surface area contributed by atoms with Crippen molar-refractivity contribution < 1.29 is 18.0 Å². The van der Waals surface area contributed by atoms with Gasteiger partial charge in [0.2, 0.25) is 5.91 Å². The average molecular weight is 498 g/mol. The molecule has 188 valence electrons. The van der Waals surface area contributed by atoms with Crippen LogP contribution in [0, 0.1) is 19.8 Å². The number of anilines is 1. The second kappa shape index (κ2) is 10.8. The fraction of sp³-hybridized carbons (Fsp3) is 0.481. The molecule has 0 unspecified atom stereocenters. The Hall–Kier alpha value is -2.87. The first-order chi connectivity index (χ1) is 16.7. The summed E-state index contributed by atoms with van der Waals surface area (Å²) in [5.41, 5.74) is 2.74. The maximum absolute atomic E-state index is 13.2. The van der Waals surface area contributed by atoms with E-state index in [0.717, 1.165) is 37.1 Å². The highest BCUT2D eigenvalue weighted by atomic mass is 32.2. The molecular weight excluding hydrogens is 462 g/mol. The van der Waals surface area contributed by atoms with Crippen molar-refractivity contribution in [1.29, 1.82) is 0 Å². The van der Waals surface area contributed by atoms with E-state index in [0.29, 0.717) is 37.2 Å². The first-order valence-corrected chi connectivity index (χ1v) is 14.0. The molecule has 2 heterocycles. The number of carbonyl (C=O) groups is 2. The molecule has 0 atom stereocenters. The number of amides is 2. The predicted octanol–water partition coefficient (Wildman–Crippen LogP) is 4.36. The molecule has 7 nitrogen and oxygen atoms in total. The van der Waals surface area contributed by atoms with Gasteiger partial charge in [-0.3, -0.25) is 14.3 Å². The van der Waals surface area contributed by atoms with Gasteiger partial charge >= 0.3 is 0 Å². The number of sulfonamides is 1. The van der Waals surface area contributed by atoms with Crippen molar-refractivity contribution in [1.82, 2.24) is 9.80 Å². The molecule has 0 spiro atoms. The van der Waals surface area contributed by atoms with Crippen molar-refractivity contribution in [2.75, 3.05) is 30.9 Å². The minimum atomic E-state index is -3.84. The number of likely N-dealkylation sites (tertiary alicyclic amines) is 2. The van der Waals surface area contributed by atoms with Gasteiger partial charge in [0.25, 0.3) is 15.9 Å². The molecule has 1 N–H and O–H groups in total. The third-order valence-corrected chi connectivity index (χ3v) is 8.43. The molecule has 0 radical (unpaired) electrons. The highest BCUT2D eigenvalue weighted by molar-refractivity contribution is 7.92. The van der Waals surface area contributed by atoms with Crippen molar-refractivity contribution in [2.45, 2.75) is 57.3 Å². The van der Waals surface area contributed by atoms with Crippen LogP contribution in [0.5, 0.6) is 0 Å². The van der Waals surface area contributed by atoms with E-state index in [1.807, 2.05) is 30.9 Å². The van der Waals surface area contributed by atoms with Crippen LogP contribution < -0.4 is 4.72 Å². The van der Waals surface area contributed by atoms with Crippen LogP contribution in [0.1, 0.15) is 60.0 Å². The number of nitrogens with one attached hydrogen (secondary N) is 1. The van der Waals surface area contributed by atoms with E-state index in [1.165, 1.54) is 25.0 Å². The molecule has 0 aliphatic carbocycles. The van der Waals surface area contributed by atoms with Gasteiger partial charge in [-0.1, -0.05) is 36.6 Å². The maximum Gasteiger partial charge on any atom is 0.261 e. The SMILES string of the molecule is Cc1ccc(NS(=O)(=O)c2cccc(C(=O)N3CCC(C(=O)N4CCCCCC4)CC3)c2)c(C)c1. The number of piperidine rings is 1. The number of carbonyl (C=O) groups excluding carboxylic acids is 2. The number of rotatable bonds is 5. The zero-order valence-electron chi connectivity index (χ0n) is 20.6. The lowest BCUT2D eigenvalue weighted by Gasteiger charge is -2.34. The summed E-state index contributed by atoms with van der Waals surface area (Å²) >= 11 is 0. The Balaban J connectivity index is 1.40. The molecule has 4 rings (SSSR count). The Kier molecular flexibility index (Phi) is 7.79. The lowest BCUT2D eigenvalue weighted by molar-refractivity contribution is -0.136. The van der Waals surface area contributed by atoms with Gasteiger partial charge < -0.3 is 9.80 Å². The van der Waals surface area contributed by atoms with Crippen molar-refractivity contribution in [3.8, 4) is 0 Å².